The van der Waals surface area contributed by atoms with E-state index in [1.54, 1.807) is 24.6 Å². The first-order chi connectivity index (χ1) is 9.08. The van der Waals surface area contributed by atoms with Crippen LogP contribution in [0.5, 0.6) is 5.75 Å². The molecular formula is C13H16FN3OS. The molecule has 0 fully saturated rings. The van der Waals surface area contributed by atoms with Crippen molar-refractivity contribution in [1.82, 2.24) is 5.32 Å². The SMILES string of the molecule is CSC(=Nc1cccc(F)c1OCC(C)C)NC#N. The van der Waals surface area contributed by atoms with Gasteiger partial charge in [0.2, 0.25) is 0 Å². The van der Waals surface area contributed by atoms with Crippen molar-refractivity contribution in [2.75, 3.05) is 12.9 Å². The van der Waals surface area contributed by atoms with Gasteiger partial charge in [-0.25, -0.2) is 9.38 Å². The van der Waals surface area contributed by atoms with Crippen LogP contribution in [0.25, 0.3) is 0 Å². The van der Waals surface area contributed by atoms with E-state index in [0.717, 1.165) is 0 Å². The molecule has 0 saturated heterocycles. The Bertz CT molecular complexity index is 497. The van der Waals surface area contributed by atoms with Gasteiger partial charge in [-0.1, -0.05) is 31.7 Å². The minimum absolute atomic E-state index is 0.113. The first kappa shape index (κ1) is 15.3. The van der Waals surface area contributed by atoms with Gasteiger partial charge in [0.05, 0.1) is 6.61 Å². The van der Waals surface area contributed by atoms with Crippen LogP contribution in [0.4, 0.5) is 10.1 Å². The summed E-state index contributed by atoms with van der Waals surface area (Å²) >= 11 is 1.27. The number of amidine groups is 1. The first-order valence-corrected chi connectivity index (χ1v) is 7.00. The standard InChI is InChI=1S/C13H16FN3OS/c1-9(2)7-18-12-10(14)5-4-6-11(12)17-13(19-3)16-8-15/h4-6,9H,7H2,1-3H3,(H,16,17). The summed E-state index contributed by atoms with van der Waals surface area (Å²) < 4.78 is 19.2. The Morgan fingerprint density at radius 1 is 1.58 bits per heavy atom. The van der Waals surface area contributed by atoms with Crippen molar-refractivity contribution in [1.29, 1.82) is 5.26 Å². The van der Waals surface area contributed by atoms with E-state index in [9.17, 15) is 4.39 Å². The smallest absolute Gasteiger partial charge is 0.183 e. The molecule has 0 radical (unpaired) electrons. The van der Waals surface area contributed by atoms with Gasteiger partial charge in [0, 0.05) is 0 Å². The number of ether oxygens (including phenoxy) is 1. The monoisotopic (exact) mass is 281 g/mol. The number of nitriles is 1. The molecule has 102 valence electrons. The second kappa shape index (κ2) is 7.64. The Morgan fingerprint density at radius 2 is 2.32 bits per heavy atom. The molecule has 1 aromatic carbocycles. The highest BCUT2D eigenvalue weighted by molar-refractivity contribution is 8.13. The van der Waals surface area contributed by atoms with Gasteiger partial charge in [0.25, 0.3) is 0 Å². The van der Waals surface area contributed by atoms with Gasteiger partial charge in [0.1, 0.15) is 5.69 Å². The molecule has 0 spiro atoms. The third-order valence-electron chi connectivity index (χ3n) is 2.09. The molecule has 6 heteroatoms. The van der Waals surface area contributed by atoms with Crippen molar-refractivity contribution in [3.05, 3.63) is 24.0 Å². The fourth-order valence-corrected chi connectivity index (χ4v) is 1.60. The molecule has 0 aromatic heterocycles. The van der Waals surface area contributed by atoms with Gasteiger partial charge in [-0.15, -0.1) is 0 Å². The van der Waals surface area contributed by atoms with Crippen LogP contribution < -0.4 is 10.1 Å². The highest BCUT2D eigenvalue weighted by Crippen LogP contribution is 2.31. The zero-order valence-corrected chi connectivity index (χ0v) is 11.9. The number of para-hydroxylation sites is 1. The highest BCUT2D eigenvalue weighted by Gasteiger charge is 2.11. The van der Waals surface area contributed by atoms with E-state index in [1.165, 1.54) is 17.8 Å². The summed E-state index contributed by atoms with van der Waals surface area (Å²) in [5.41, 5.74) is 0.368. The third kappa shape index (κ3) is 4.79. The van der Waals surface area contributed by atoms with E-state index < -0.39 is 5.82 Å². The zero-order valence-electron chi connectivity index (χ0n) is 11.1. The van der Waals surface area contributed by atoms with Crippen molar-refractivity contribution < 1.29 is 9.13 Å². The van der Waals surface area contributed by atoms with Gasteiger partial charge in [-0.05, 0) is 24.3 Å². The first-order valence-electron chi connectivity index (χ1n) is 5.77. The van der Waals surface area contributed by atoms with Crippen molar-refractivity contribution in [2.24, 2.45) is 10.9 Å². The van der Waals surface area contributed by atoms with Gasteiger partial charge in [-0.2, -0.15) is 5.26 Å². The lowest BCUT2D eigenvalue weighted by Crippen LogP contribution is -2.13. The Morgan fingerprint density at radius 3 is 2.89 bits per heavy atom. The van der Waals surface area contributed by atoms with Crippen LogP contribution in [0, 0.1) is 23.2 Å². The fourth-order valence-electron chi connectivity index (χ4n) is 1.26. The summed E-state index contributed by atoms with van der Waals surface area (Å²) in [4.78, 5) is 4.19. The Balaban J connectivity index is 3.06. The minimum atomic E-state index is -0.459. The average molecular weight is 281 g/mol. The molecular weight excluding hydrogens is 265 g/mol. The number of rotatable bonds is 4. The summed E-state index contributed by atoms with van der Waals surface area (Å²) in [6, 6.07) is 4.53. The van der Waals surface area contributed by atoms with Crippen molar-refractivity contribution in [3.63, 3.8) is 0 Å². The summed E-state index contributed by atoms with van der Waals surface area (Å²) in [5.74, 6) is -0.0597. The zero-order chi connectivity index (χ0) is 14.3. The topological polar surface area (TPSA) is 57.4 Å². The van der Waals surface area contributed by atoms with Gasteiger partial charge < -0.3 is 4.74 Å². The van der Waals surface area contributed by atoms with E-state index in [4.69, 9.17) is 10.00 Å². The normalized spacial score (nSPS) is 11.3. The van der Waals surface area contributed by atoms with Gasteiger partial charge in [0.15, 0.2) is 22.9 Å². The summed E-state index contributed by atoms with van der Waals surface area (Å²) in [6.45, 7) is 4.37. The largest absolute Gasteiger partial charge is 0.488 e. The lowest BCUT2D eigenvalue weighted by molar-refractivity contribution is 0.260. The number of nitrogens with one attached hydrogen (secondary N) is 1. The molecule has 0 aliphatic carbocycles. The molecule has 0 aliphatic heterocycles. The van der Waals surface area contributed by atoms with E-state index >= 15 is 0 Å². The number of aliphatic imine (C=N–C) groups is 1. The van der Waals surface area contributed by atoms with Crippen LogP contribution in [0.15, 0.2) is 23.2 Å². The number of benzene rings is 1. The molecule has 0 aliphatic rings. The van der Waals surface area contributed by atoms with Crippen LogP contribution in [0.3, 0.4) is 0 Å². The maximum Gasteiger partial charge on any atom is 0.183 e. The highest BCUT2D eigenvalue weighted by atomic mass is 32.2. The molecule has 0 amide bonds. The molecule has 0 saturated carbocycles. The van der Waals surface area contributed by atoms with Crippen molar-refractivity contribution >= 4 is 22.6 Å². The van der Waals surface area contributed by atoms with Gasteiger partial charge in [-0.3, -0.25) is 5.32 Å². The van der Waals surface area contributed by atoms with Crippen LogP contribution in [0.1, 0.15) is 13.8 Å². The van der Waals surface area contributed by atoms with Crippen LogP contribution in [0.2, 0.25) is 0 Å². The number of hydrogen-bond donors (Lipinski definition) is 1. The average Bonchev–Trinajstić information content (AvgIpc) is 2.37. The van der Waals surface area contributed by atoms with Gasteiger partial charge >= 0.3 is 0 Å². The number of halogens is 1. The maximum absolute atomic E-state index is 13.8. The van der Waals surface area contributed by atoms with E-state index in [0.29, 0.717) is 17.5 Å². The van der Waals surface area contributed by atoms with Crippen LogP contribution in [-0.4, -0.2) is 18.0 Å². The summed E-state index contributed by atoms with van der Waals surface area (Å²) in [6.07, 6.45) is 3.56. The number of hydrogen-bond acceptors (Lipinski definition) is 4. The molecule has 0 atom stereocenters. The third-order valence-corrected chi connectivity index (χ3v) is 2.67. The summed E-state index contributed by atoms with van der Waals surface area (Å²) in [7, 11) is 0. The fraction of sp³-hybridized carbons (Fsp3) is 0.385. The molecule has 1 aromatic rings. The summed E-state index contributed by atoms with van der Waals surface area (Å²) in [5, 5.41) is 11.4. The van der Waals surface area contributed by atoms with Crippen molar-refractivity contribution in [2.45, 2.75) is 13.8 Å². The predicted octanol–water partition coefficient (Wildman–Crippen LogP) is 3.28. The molecule has 0 heterocycles. The molecule has 19 heavy (non-hydrogen) atoms. The Hall–Kier alpha value is -1.74. The lowest BCUT2D eigenvalue weighted by Gasteiger charge is -2.12. The molecule has 0 unspecified atom stereocenters. The molecule has 1 N–H and O–H groups in total. The van der Waals surface area contributed by atoms with E-state index in [-0.39, 0.29) is 11.7 Å². The second-order valence-electron chi connectivity index (χ2n) is 4.15. The Kier molecular flexibility index (Phi) is 6.16. The van der Waals surface area contributed by atoms with E-state index in [1.807, 2.05) is 13.8 Å². The Labute approximate surface area is 116 Å². The van der Waals surface area contributed by atoms with E-state index in [2.05, 4.69) is 10.3 Å². The quantitative estimate of drug-likeness (QED) is 0.398. The van der Waals surface area contributed by atoms with Crippen molar-refractivity contribution in [3.8, 4) is 11.9 Å². The second-order valence-corrected chi connectivity index (χ2v) is 4.95. The van der Waals surface area contributed by atoms with Crippen LogP contribution >= 0.6 is 11.8 Å². The predicted molar refractivity (Wildman–Crippen MR) is 76.1 cm³/mol. The minimum Gasteiger partial charge on any atom is -0.488 e. The molecule has 1 rings (SSSR count). The lowest BCUT2D eigenvalue weighted by atomic mass is 10.2. The molecule has 0 bridgehead atoms. The molecule has 4 nitrogen and oxygen atoms in total. The number of nitrogens with zero attached hydrogens (tertiary/aromatic N) is 2. The maximum atomic E-state index is 13.8. The van der Waals surface area contributed by atoms with Crippen LogP contribution in [-0.2, 0) is 0 Å². The number of thioether (sulfide) groups is 1.